The zero-order chi connectivity index (χ0) is 40.8. The van der Waals surface area contributed by atoms with Gasteiger partial charge in [0.25, 0.3) is 5.79 Å². The van der Waals surface area contributed by atoms with Crippen molar-refractivity contribution in [3.63, 3.8) is 0 Å². The number of amidine groups is 4. The molecule has 0 atom stereocenters. The summed E-state index contributed by atoms with van der Waals surface area (Å²) in [6.45, 7) is 14.5. The van der Waals surface area contributed by atoms with Crippen LogP contribution in [0.15, 0.2) is 84.6 Å². The Morgan fingerprint density at radius 3 is 1.55 bits per heavy atom. The van der Waals surface area contributed by atoms with E-state index in [0.29, 0.717) is 79.3 Å². The number of hydrogen-bond acceptors (Lipinski definition) is 14. The highest BCUT2D eigenvalue weighted by atomic mass is 16.8. The molecule has 0 aliphatic carbocycles. The third-order valence-corrected chi connectivity index (χ3v) is 10.9. The molecule has 0 fully saturated rings. The molecule has 0 amide bonds. The Morgan fingerprint density at radius 2 is 0.917 bits per heavy atom. The molecule has 7 aliphatic rings. The average molecular weight is 803 g/mol. The first-order chi connectivity index (χ1) is 28.6. The zero-order valence-corrected chi connectivity index (χ0v) is 33.6. The van der Waals surface area contributed by atoms with E-state index in [1.165, 1.54) is 0 Å². The minimum absolute atomic E-state index is 0.264. The van der Waals surface area contributed by atoms with Gasteiger partial charge in [0.05, 0.1) is 16.3 Å². The second-order valence-electron chi connectivity index (χ2n) is 17.2. The lowest BCUT2D eigenvalue weighted by Crippen LogP contribution is -2.48. The summed E-state index contributed by atoms with van der Waals surface area (Å²) < 4.78 is 48.7. The van der Waals surface area contributed by atoms with Gasteiger partial charge in [-0.05, 0) is 6.07 Å². The lowest BCUT2D eigenvalue weighted by atomic mass is 10.0. The van der Waals surface area contributed by atoms with Gasteiger partial charge in [-0.15, -0.1) is 4.73 Å². The fraction of sp³-hybridized carbons (Fsp3) is 0.273. The molecule has 0 spiro atoms. The monoisotopic (exact) mass is 802 g/mol. The van der Waals surface area contributed by atoms with Crippen molar-refractivity contribution in [1.29, 1.82) is 0 Å². The lowest BCUT2D eigenvalue weighted by Gasteiger charge is -2.31. The van der Waals surface area contributed by atoms with Crippen LogP contribution in [0.1, 0.15) is 77.6 Å². The molecule has 0 saturated heterocycles. The van der Waals surface area contributed by atoms with Crippen LogP contribution in [0.25, 0.3) is 21.5 Å². The number of aliphatic imine (C=N–C) groups is 4. The number of hydrogen-bond donors (Lipinski definition) is 1. The molecule has 7 aliphatic heterocycles. The second-order valence-corrected chi connectivity index (χ2v) is 17.2. The fourth-order valence-corrected chi connectivity index (χ4v) is 8.77. The maximum atomic E-state index is 7.06. The SMILES string of the molecule is CC1(C)Oc2cc3c4c(c2O1)OC(C)(C)Oc1c2c(c5c6c7[nH]c(c16)N=C4N=C3N=c1c3ccccc3c(n1OC(C)(C)O5)=NC1=NC(=N7)c3ccccc31)OC(C)(C)O2. The number of rotatable bonds is 0. The summed E-state index contributed by atoms with van der Waals surface area (Å²) in [6, 6.07) is 17.5. The van der Waals surface area contributed by atoms with Crippen LogP contribution in [-0.2, 0) is 0 Å². The predicted molar refractivity (Wildman–Crippen MR) is 218 cm³/mol. The molecule has 1 N–H and O–H groups in total. The highest BCUT2D eigenvalue weighted by molar-refractivity contribution is 6.27. The number of nitrogens with zero attached hydrogens (tertiary/aromatic N) is 7. The van der Waals surface area contributed by atoms with Gasteiger partial charge < -0.3 is 43.0 Å². The Kier molecular flexibility index (Phi) is 5.84. The molecule has 16 nitrogen and oxygen atoms in total. The highest BCUT2D eigenvalue weighted by Crippen LogP contribution is 2.62. The van der Waals surface area contributed by atoms with Gasteiger partial charge in [0.15, 0.2) is 57.3 Å². The first-order valence-corrected chi connectivity index (χ1v) is 19.6. The standard InChI is InChI=1S/C44H34N8O8/c1-41(2)53-23-17-22-24-28(27(23)54-41)55-42(3,4)56-29-25-26-30(32-31(29)58-43(5,6)59-32)57-44(7,8)60-52-39-20-15-11-12-16-21(20)40(52)51-35(22)47-36(24)48-38(25)49-37(26)46-33-18-13-9-10-14-19(18)34(45-33)50-39/h9-17H,1-8H3,(H,45,46,47,48,49,50,51). The van der Waals surface area contributed by atoms with Gasteiger partial charge in [0.2, 0.25) is 34.6 Å². The van der Waals surface area contributed by atoms with Crippen LogP contribution in [0.2, 0.25) is 0 Å². The third-order valence-electron chi connectivity index (χ3n) is 10.9. The summed E-state index contributed by atoms with van der Waals surface area (Å²) in [5.41, 5.74) is 3.48. The van der Waals surface area contributed by atoms with Crippen LogP contribution in [0.3, 0.4) is 0 Å². The van der Waals surface area contributed by atoms with Gasteiger partial charge in [0, 0.05) is 82.9 Å². The van der Waals surface area contributed by atoms with Gasteiger partial charge in [-0.25, -0.2) is 30.0 Å². The second kappa shape index (κ2) is 10.4. The lowest BCUT2D eigenvalue weighted by molar-refractivity contribution is -0.164. The summed E-state index contributed by atoms with van der Waals surface area (Å²) >= 11 is 0. The quantitative estimate of drug-likeness (QED) is 0.174. The van der Waals surface area contributed by atoms with Gasteiger partial charge in [-0.2, -0.15) is 0 Å². The van der Waals surface area contributed by atoms with Crippen LogP contribution in [0.4, 0.5) is 11.6 Å². The highest BCUT2D eigenvalue weighted by Gasteiger charge is 2.47. The Hall–Kier alpha value is -7.36. The summed E-state index contributed by atoms with van der Waals surface area (Å²) in [4.78, 5) is 42.0. The van der Waals surface area contributed by atoms with Crippen molar-refractivity contribution in [3.8, 4) is 40.2 Å². The van der Waals surface area contributed by atoms with E-state index >= 15 is 0 Å². The van der Waals surface area contributed by atoms with Crippen molar-refractivity contribution in [2.24, 2.45) is 30.0 Å². The number of nitrogens with one attached hydrogen (secondary N) is 1. The van der Waals surface area contributed by atoms with Crippen molar-refractivity contribution in [3.05, 3.63) is 87.8 Å². The van der Waals surface area contributed by atoms with Crippen molar-refractivity contribution in [2.75, 3.05) is 0 Å². The first-order valence-electron chi connectivity index (χ1n) is 19.6. The smallest absolute Gasteiger partial charge is 0.268 e. The molecule has 13 rings (SSSR count). The Bertz CT molecular complexity index is 3350. The largest absolute Gasteiger partial charge is 0.449 e. The number of fused-ring (bicyclic) bond motifs is 14. The Labute approximate surface area is 340 Å². The van der Waals surface area contributed by atoms with E-state index in [-0.39, 0.29) is 28.8 Å². The average Bonchev–Trinajstić information content (AvgIpc) is 4.00. The number of ether oxygens (including phenoxy) is 7. The summed E-state index contributed by atoms with van der Waals surface area (Å²) in [5.74, 6) is -0.697. The number of H-pyrrole nitrogens is 1. The van der Waals surface area contributed by atoms with Crippen molar-refractivity contribution in [1.82, 2.24) is 9.71 Å². The molecule has 6 aromatic rings. The van der Waals surface area contributed by atoms with Crippen LogP contribution in [0.5, 0.6) is 40.2 Å². The Balaban J connectivity index is 1.29. The molecule has 2 aromatic heterocycles. The van der Waals surface area contributed by atoms with E-state index in [0.717, 1.165) is 21.9 Å². The third kappa shape index (κ3) is 4.49. The van der Waals surface area contributed by atoms with Gasteiger partial charge in [-0.1, -0.05) is 48.5 Å². The summed E-state index contributed by atoms with van der Waals surface area (Å²) in [5, 5.41) is 2.41. The van der Waals surface area contributed by atoms with E-state index in [1.54, 1.807) is 18.6 Å². The molecular weight excluding hydrogens is 769 g/mol. The van der Waals surface area contributed by atoms with E-state index < -0.39 is 23.1 Å². The van der Waals surface area contributed by atoms with E-state index in [2.05, 4.69) is 4.98 Å². The molecule has 9 bridgehead atoms. The molecule has 0 saturated carbocycles. The molecular formula is C44H34N8O8. The van der Waals surface area contributed by atoms with Gasteiger partial charge in [-0.3, -0.25) is 0 Å². The summed E-state index contributed by atoms with van der Waals surface area (Å²) in [7, 11) is 0. The normalized spacial score (nSPS) is 20.3. The molecule has 4 aromatic carbocycles. The van der Waals surface area contributed by atoms with Crippen molar-refractivity contribution < 1.29 is 38.0 Å². The molecule has 16 heteroatoms. The maximum Gasteiger partial charge on any atom is 0.268 e. The van der Waals surface area contributed by atoms with Gasteiger partial charge >= 0.3 is 0 Å². The minimum Gasteiger partial charge on any atom is -0.449 e. The predicted octanol–water partition coefficient (Wildman–Crippen LogP) is 6.83. The van der Waals surface area contributed by atoms with Crippen LogP contribution in [-0.4, -0.2) is 56.2 Å². The number of benzene rings is 4. The van der Waals surface area contributed by atoms with Crippen molar-refractivity contribution >= 4 is 56.5 Å². The van der Waals surface area contributed by atoms with Crippen LogP contribution in [0, 0.1) is 0 Å². The molecule has 298 valence electrons. The minimum atomic E-state index is -1.45. The van der Waals surface area contributed by atoms with Crippen molar-refractivity contribution in [2.45, 2.75) is 78.5 Å². The zero-order valence-electron chi connectivity index (χ0n) is 33.6. The molecule has 0 unspecified atom stereocenters. The molecule has 9 heterocycles. The fourth-order valence-electron chi connectivity index (χ4n) is 8.77. The van der Waals surface area contributed by atoms with Crippen LogP contribution < -0.4 is 49.0 Å². The molecule has 60 heavy (non-hydrogen) atoms. The van der Waals surface area contributed by atoms with Crippen LogP contribution >= 0.6 is 0 Å². The topological polar surface area (TPSA) is 169 Å². The van der Waals surface area contributed by atoms with E-state index in [9.17, 15) is 0 Å². The van der Waals surface area contributed by atoms with E-state index in [4.69, 9.17) is 68.0 Å². The Morgan fingerprint density at radius 1 is 0.450 bits per heavy atom. The summed E-state index contributed by atoms with van der Waals surface area (Å²) in [6.07, 6.45) is 0. The maximum absolute atomic E-state index is 7.06. The molecule has 0 radical (unpaired) electrons. The number of aromatic amines is 1. The van der Waals surface area contributed by atoms with E-state index in [1.807, 2.05) is 96.1 Å². The van der Waals surface area contributed by atoms with Gasteiger partial charge in [0.1, 0.15) is 11.6 Å². The first kappa shape index (κ1) is 33.6. The number of aromatic nitrogens is 2.